The van der Waals surface area contributed by atoms with Crippen molar-refractivity contribution < 1.29 is 4.39 Å². The quantitative estimate of drug-likeness (QED) is 0.588. The molecule has 7 heteroatoms. The number of halogens is 1. The predicted octanol–water partition coefficient (Wildman–Crippen LogP) is 5.23. The highest BCUT2D eigenvalue weighted by molar-refractivity contribution is 7.15. The van der Waals surface area contributed by atoms with Crippen LogP contribution in [0.3, 0.4) is 0 Å². The molecule has 0 bridgehead atoms. The van der Waals surface area contributed by atoms with Crippen LogP contribution in [0.25, 0.3) is 21.8 Å². The van der Waals surface area contributed by atoms with Gasteiger partial charge in [0.1, 0.15) is 5.82 Å². The predicted molar refractivity (Wildman–Crippen MR) is 119 cm³/mol. The average Bonchev–Trinajstić information content (AvgIpc) is 3.45. The largest absolute Gasteiger partial charge is 0.351 e. The zero-order valence-electron chi connectivity index (χ0n) is 16.9. The van der Waals surface area contributed by atoms with E-state index in [2.05, 4.69) is 15.6 Å². The molecule has 1 aromatic carbocycles. The van der Waals surface area contributed by atoms with Gasteiger partial charge in [-0.2, -0.15) is 0 Å². The topological polar surface area (TPSA) is 62.7 Å². The number of nitrogens with zero attached hydrogens (tertiary/aromatic N) is 3. The van der Waals surface area contributed by atoms with Crippen LogP contribution in [0.15, 0.2) is 36.5 Å². The minimum Gasteiger partial charge on any atom is -0.351 e. The van der Waals surface area contributed by atoms with E-state index in [4.69, 9.17) is 9.97 Å². The van der Waals surface area contributed by atoms with Crippen molar-refractivity contribution in [3.05, 3.63) is 47.4 Å². The molecule has 3 heterocycles. The van der Waals surface area contributed by atoms with Crippen LogP contribution in [0, 0.1) is 5.82 Å². The molecule has 2 fully saturated rings. The van der Waals surface area contributed by atoms with Crippen LogP contribution in [0.5, 0.6) is 0 Å². The Labute approximate surface area is 180 Å². The Morgan fingerprint density at radius 2 is 1.80 bits per heavy atom. The molecule has 2 aromatic heterocycles. The first-order chi connectivity index (χ1) is 14.8. The lowest BCUT2D eigenvalue weighted by Crippen LogP contribution is -2.26. The van der Waals surface area contributed by atoms with Crippen molar-refractivity contribution in [2.24, 2.45) is 0 Å². The second kappa shape index (κ2) is 8.78. The van der Waals surface area contributed by atoms with Crippen LogP contribution in [-0.4, -0.2) is 34.1 Å². The molecule has 0 spiro atoms. The molecule has 1 saturated heterocycles. The molecular weight excluding hydrogens is 397 g/mol. The van der Waals surface area contributed by atoms with Gasteiger partial charge < -0.3 is 10.6 Å². The summed E-state index contributed by atoms with van der Waals surface area (Å²) in [6.45, 7) is 2.00. The summed E-state index contributed by atoms with van der Waals surface area (Å²) >= 11 is 1.65. The van der Waals surface area contributed by atoms with E-state index in [9.17, 15) is 4.39 Å². The first-order valence-corrected chi connectivity index (χ1v) is 11.7. The molecule has 1 saturated carbocycles. The van der Waals surface area contributed by atoms with E-state index in [0.717, 1.165) is 54.4 Å². The Bertz CT molecular complexity index is 1010. The molecule has 2 aliphatic rings. The Morgan fingerprint density at radius 1 is 1.00 bits per heavy atom. The van der Waals surface area contributed by atoms with E-state index in [-0.39, 0.29) is 5.82 Å². The van der Waals surface area contributed by atoms with E-state index in [1.807, 2.05) is 12.1 Å². The van der Waals surface area contributed by atoms with Crippen LogP contribution in [0.4, 0.5) is 10.3 Å². The highest BCUT2D eigenvalue weighted by Gasteiger charge is 2.25. The molecule has 156 valence electrons. The minimum absolute atomic E-state index is 0.251. The van der Waals surface area contributed by atoms with Gasteiger partial charge in [0.25, 0.3) is 0 Å². The number of aromatic nitrogens is 3. The zero-order valence-corrected chi connectivity index (χ0v) is 17.7. The maximum atomic E-state index is 14.7. The van der Waals surface area contributed by atoms with Crippen LogP contribution >= 0.6 is 11.3 Å². The van der Waals surface area contributed by atoms with Gasteiger partial charge in [0.15, 0.2) is 0 Å². The lowest BCUT2D eigenvalue weighted by Gasteiger charge is -2.20. The van der Waals surface area contributed by atoms with Crippen molar-refractivity contribution >= 4 is 17.3 Å². The Morgan fingerprint density at radius 3 is 2.60 bits per heavy atom. The highest BCUT2D eigenvalue weighted by Crippen LogP contribution is 2.41. The van der Waals surface area contributed by atoms with Crippen molar-refractivity contribution in [2.45, 2.75) is 50.5 Å². The number of anilines is 1. The fourth-order valence-corrected chi connectivity index (χ4v) is 5.62. The number of rotatable bonds is 5. The van der Waals surface area contributed by atoms with Crippen molar-refractivity contribution in [1.29, 1.82) is 0 Å². The maximum absolute atomic E-state index is 14.7. The molecule has 0 unspecified atom stereocenters. The van der Waals surface area contributed by atoms with Gasteiger partial charge in [-0.3, -0.25) is 0 Å². The van der Waals surface area contributed by atoms with Gasteiger partial charge in [0.2, 0.25) is 5.95 Å². The molecule has 5 rings (SSSR count). The van der Waals surface area contributed by atoms with Crippen LogP contribution in [-0.2, 0) is 0 Å². The third-order valence-corrected chi connectivity index (χ3v) is 7.28. The van der Waals surface area contributed by atoms with Crippen molar-refractivity contribution in [1.82, 2.24) is 20.3 Å². The molecular formula is C23H26FN5S. The molecule has 0 atom stereocenters. The van der Waals surface area contributed by atoms with E-state index in [1.165, 1.54) is 18.9 Å². The third-order valence-electron chi connectivity index (χ3n) is 6.04. The van der Waals surface area contributed by atoms with Gasteiger partial charge in [-0.15, -0.1) is 11.3 Å². The number of thiazole rings is 1. The van der Waals surface area contributed by atoms with E-state index >= 15 is 0 Å². The summed E-state index contributed by atoms with van der Waals surface area (Å²) in [5, 5.41) is 7.96. The zero-order chi connectivity index (χ0) is 20.3. The summed E-state index contributed by atoms with van der Waals surface area (Å²) in [5.41, 5.74) is 2.03. The first kappa shape index (κ1) is 19.6. The average molecular weight is 424 g/mol. The molecule has 3 aromatic rings. The van der Waals surface area contributed by atoms with Gasteiger partial charge >= 0.3 is 0 Å². The van der Waals surface area contributed by atoms with E-state index in [1.54, 1.807) is 29.7 Å². The lowest BCUT2D eigenvalue weighted by atomic mass is 9.99. The molecule has 0 amide bonds. The Kier molecular flexibility index (Phi) is 5.73. The van der Waals surface area contributed by atoms with Crippen molar-refractivity contribution in [3.63, 3.8) is 0 Å². The summed E-state index contributed by atoms with van der Waals surface area (Å²) < 4.78 is 14.7. The monoisotopic (exact) mass is 423 g/mol. The molecule has 0 radical (unpaired) electrons. The highest BCUT2D eigenvalue weighted by atomic mass is 32.1. The number of hydrogen-bond acceptors (Lipinski definition) is 6. The minimum atomic E-state index is -0.251. The van der Waals surface area contributed by atoms with E-state index in [0.29, 0.717) is 29.2 Å². The Balaban J connectivity index is 1.54. The molecule has 5 nitrogen and oxygen atoms in total. The second-order valence-corrected chi connectivity index (χ2v) is 9.16. The van der Waals surface area contributed by atoms with Crippen LogP contribution in [0.2, 0.25) is 0 Å². The van der Waals surface area contributed by atoms with Gasteiger partial charge in [-0.05, 0) is 57.0 Å². The fourth-order valence-electron chi connectivity index (χ4n) is 4.40. The standard InChI is InChI=1S/C23H26FN5S/c24-18-8-4-3-7-17(18)20-21(30-22(29-20)15-9-12-25-13-10-15)19-11-14-26-23(28-19)27-16-5-1-2-6-16/h3-4,7-8,11,14-16,25H,1-2,5-6,9-10,12-13H2,(H,26,27,28). The third kappa shape index (κ3) is 4.09. The fraction of sp³-hybridized carbons (Fsp3) is 0.435. The molecule has 30 heavy (non-hydrogen) atoms. The number of piperidine rings is 1. The second-order valence-electron chi connectivity index (χ2n) is 8.13. The smallest absolute Gasteiger partial charge is 0.223 e. The summed E-state index contributed by atoms with van der Waals surface area (Å²) in [6.07, 6.45) is 8.73. The first-order valence-electron chi connectivity index (χ1n) is 10.8. The molecule has 1 aliphatic carbocycles. The number of hydrogen-bond donors (Lipinski definition) is 2. The summed E-state index contributed by atoms with van der Waals surface area (Å²) in [4.78, 5) is 15.1. The normalized spacial score (nSPS) is 18.0. The van der Waals surface area contributed by atoms with Crippen LogP contribution in [0.1, 0.15) is 49.5 Å². The summed E-state index contributed by atoms with van der Waals surface area (Å²) in [6, 6.07) is 9.22. The van der Waals surface area contributed by atoms with E-state index < -0.39 is 0 Å². The Hall–Kier alpha value is -2.38. The molecule has 1 aliphatic heterocycles. The van der Waals surface area contributed by atoms with Crippen molar-refractivity contribution in [3.8, 4) is 21.8 Å². The van der Waals surface area contributed by atoms with Gasteiger partial charge in [-0.25, -0.2) is 19.3 Å². The van der Waals surface area contributed by atoms with Crippen LogP contribution < -0.4 is 10.6 Å². The number of benzene rings is 1. The molecule has 2 N–H and O–H groups in total. The van der Waals surface area contributed by atoms with Crippen molar-refractivity contribution in [2.75, 3.05) is 18.4 Å². The number of nitrogens with one attached hydrogen (secondary N) is 2. The maximum Gasteiger partial charge on any atom is 0.223 e. The lowest BCUT2D eigenvalue weighted by molar-refractivity contribution is 0.459. The summed E-state index contributed by atoms with van der Waals surface area (Å²) in [5.74, 6) is 0.809. The van der Waals surface area contributed by atoms with Gasteiger partial charge in [0.05, 0.1) is 21.3 Å². The van der Waals surface area contributed by atoms with Gasteiger partial charge in [-0.1, -0.05) is 25.0 Å². The summed E-state index contributed by atoms with van der Waals surface area (Å²) in [7, 11) is 0. The van der Waals surface area contributed by atoms with Gasteiger partial charge in [0, 0.05) is 23.7 Å². The SMILES string of the molecule is Fc1ccccc1-c1nc(C2CCNCC2)sc1-c1ccnc(NC2CCCC2)n1.